The molecule has 2 aliphatic heterocycles. The smallest absolute Gasteiger partial charge is 0.306 e. The summed E-state index contributed by atoms with van der Waals surface area (Å²) in [5.41, 5.74) is 2.14. The van der Waals surface area contributed by atoms with Crippen LogP contribution >= 0.6 is 37.4 Å². The van der Waals surface area contributed by atoms with Crippen LogP contribution in [0.1, 0.15) is 196 Å². The number of carbonyl (C=O) groups excluding carboxylic acids is 6. The molecule has 6 aromatic rings. The monoisotopic (exact) mass is 1630 g/mol. The Kier molecular flexibility index (Phi) is 26.9. The Hall–Kier alpha value is -7.46. The molecule has 6 heterocycles. The van der Waals surface area contributed by atoms with Gasteiger partial charge >= 0.3 is 11.9 Å². The number of thiazole rings is 2. The Morgan fingerprint density at radius 1 is 0.566 bits per heavy atom. The summed E-state index contributed by atoms with van der Waals surface area (Å²) in [6, 6.07) is 12.9. The standard InChI is InChI=1S/C44H60N3O8PS.C43H56N3O8PS/c1-10-28-22-44(28,56(51,52)27(4)5)23-38(48)37-19-31(24-47(37)42(50)33(43(6,7)8)20-41(49)55-29-13-11-12-14-29)54-39-21-35(36-25-57-40(46-36)17-26(2)3)45-34-18-30(53-9)15-16-32(34)39;1-9-27-22-43(27,55(50,51)10-2)23-37(47)36-19-30(24-46(36)41(49)32(42(5,6)7)20-40(48)54-28-13-11-12-14-28)53-38-21-34(35-25-56-39(45-35)17-26(3)4)44-33-18-29(52-8)15-16-31(33)38/h10,15-16,18,21,25-29,31,33,37H,1,11-14,17,19-20,22-24H2,2-9H3,(H,51,52);9-10,15-16,18,21,25-28,30,32,36H,1-2,11-14,17,19-20,22-24H2,3-8H3,(H,50,51)/t28-,31-,33-,37+,44-;27-,30-,32-,36+,43-/m11/s1. The zero-order valence-corrected chi connectivity index (χ0v) is 71.7. The first kappa shape index (κ1) is 86.4. The topological polar surface area (TPSA) is 290 Å². The van der Waals surface area contributed by atoms with E-state index in [0.29, 0.717) is 70.1 Å². The van der Waals surface area contributed by atoms with Crippen molar-refractivity contribution in [3.8, 4) is 45.8 Å². The summed E-state index contributed by atoms with van der Waals surface area (Å²) >= 11 is 3.17. The van der Waals surface area contributed by atoms with Crippen molar-refractivity contribution in [1.29, 1.82) is 0 Å². The van der Waals surface area contributed by atoms with E-state index >= 15 is 0 Å². The van der Waals surface area contributed by atoms with Gasteiger partial charge in [-0.15, -0.1) is 35.8 Å². The third-order valence-electron chi connectivity index (χ3n) is 23.8. The first-order chi connectivity index (χ1) is 53.3. The number of ether oxygens (including phenoxy) is 6. The van der Waals surface area contributed by atoms with Gasteiger partial charge in [0.25, 0.3) is 0 Å². The number of carbonyl (C=O) groups is 6. The van der Waals surface area contributed by atoms with Gasteiger partial charge in [-0.3, -0.25) is 37.9 Å². The van der Waals surface area contributed by atoms with Crippen LogP contribution in [-0.2, 0) is 60.2 Å². The highest BCUT2D eigenvalue weighted by atomic mass is 32.1. The third kappa shape index (κ3) is 19.5. The Morgan fingerprint density at radius 2 is 0.956 bits per heavy atom. The molecule has 2 unspecified atom stereocenters. The number of Topliss-reactive ketones (excluding diaryl/α,β-unsaturated/α-hetero) is 2. The average molecular weight is 1630 g/mol. The van der Waals surface area contributed by atoms with Gasteiger partial charge in [0.15, 0.2) is 11.6 Å². The number of pyridine rings is 2. The molecule has 4 aromatic heterocycles. The van der Waals surface area contributed by atoms with Gasteiger partial charge in [0, 0.05) is 90.0 Å². The molecule has 6 fully saturated rings. The van der Waals surface area contributed by atoms with Crippen molar-refractivity contribution < 1.29 is 76.1 Å². The maximum Gasteiger partial charge on any atom is 0.306 e. The molecule has 0 spiro atoms. The summed E-state index contributed by atoms with van der Waals surface area (Å²) in [7, 11) is -4.56. The molecular formula is C87H116N6O16P2S2. The second-order valence-corrected chi connectivity index (χ2v) is 42.9. The molecule has 113 heavy (non-hydrogen) atoms. The predicted molar refractivity (Wildman–Crippen MR) is 443 cm³/mol. The Bertz CT molecular complexity index is 4640. The molecule has 612 valence electrons. The molecule has 2 amide bonds. The third-order valence-corrected chi connectivity index (χ3v) is 31.3. The van der Waals surface area contributed by atoms with Crippen LogP contribution in [0, 0.1) is 46.3 Å². The van der Waals surface area contributed by atoms with E-state index < -0.39 is 89.6 Å². The van der Waals surface area contributed by atoms with E-state index in [1.807, 2.05) is 101 Å². The largest absolute Gasteiger partial charge is 0.497 e. The molecule has 12 rings (SSSR count). The van der Waals surface area contributed by atoms with Gasteiger partial charge in [-0.05, 0) is 129 Å². The number of benzene rings is 2. The number of nitrogens with zero attached hydrogens (tertiary/aromatic N) is 6. The van der Waals surface area contributed by atoms with Crippen molar-refractivity contribution in [3.63, 3.8) is 0 Å². The van der Waals surface area contributed by atoms with Crippen molar-refractivity contribution in [2.45, 2.75) is 251 Å². The van der Waals surface area contributed by atoms with Gasteiger partial charge in [0.2, 0.25) is 26.6 Å². The number of likely N-dealkylation sites (tertiary alicyclic amines) is 2. The predicted octanol–water partition coefficient (Wildman–Crippen LogP) is 17.8. The second-order valence-electron chi connectivity index (χ2n) is 35.3. The molecule has 0 bridgehead atoms. The maximum absolute atomic E-state index is 14.8. The molecule has 12 atom stereocenters. The number of rotatable bonds is 32. The number of methoxy groups -OCH3 is 2. The highest BCUT2D eigenvalue weighted by molar-refractivity contribution is 7.63. The van der Waals surface area contributed by atoms with Crippen molar-refractivity contribution in [2.24, 2.45) is 46.3 Å². The number of ketones is 2. The van der Waals surface area contributed by atoms with Crippen LogP contribution in [0.2, 0.25) is 0 Å². The quantitative estimate of drug-likeness (QED) is 0.0225. The van der Waals surface area contributed by atoms with Gasteiger partial charge in [-0.2, -0.15) is 0 Å². The molecular weight excluding hydrogens is 1510 g/mol. The van der Waals surface area contributed by atoms with Crippen molar-refractivity contribution in [3.05, 3.63) is 107 Å². The lowest BCUT2D eigenvalue weighted by atomic mass is 9.77. The molecule has 6 aliphatic rings. The number of amides is 2. The van der Waals surface area contributed by atoms with E-state index in [2.05, 4.69) is 47.4 Å². The normalized spacial score (nSPS) is 24.1. The molecule has 2 aromatic carbocycles. The summed E-state index contributed by atoms with van der Waals surface area (Å²) in [5, 5.41) is 5.11. The van der Waals surface area contributed by atoms with E-state index in [1.165, 1.54) is 4.90 Å². The fourth-order valence-electron chi connectivity index (χ4n) is 16.9. The summed E-state index contributed by atoms with van der Waals surface area (Å²) in [4.78, 5) is 130. The number of hydrogen-bond donors (Lipinski definition) is 2. The van der Waals surface area contributed by atoms with Gasteiger partial charge < -0.3 is 48.0 Å². The van der Waals surface area contributed by atoms with Gasteiger partial charge in [0.05, 0.1) is 118 Å². The summed E-state index contributed by atoms with van der Waals surface area (Å²) in [6.45, 7) is 35.0. The molecule has 0 radical (unpaired) electrons. The van der Waals surface area contributed by atoms with Crippen LogP contribution in [0.3, 0.4) is 0 Å². The first-order valence-corrected chi connectivity index (χ1v) is 45.4. The molecule has 4 aliphatic carbocycles. The highest BCUT2D eigenvalue weighted by Crippen LogP contribution is 2.75. The van der Waals surface area contributed by atoms with E-state index in [9.17, 15) is 47.7 Å². The number of fused-ring (bicyclic) bond motifs is 2. The van der Waals surface area contributed by atoms with Gasteiger partial charge in [0.1, 0.15) is 47.4 Å². The lowest BCUT2D eigenvalue weighted by Gasteiger charge is -2.35. The fourth-order valence-corrected chi connectivity index (χ4v) is 23.2. The molecule has 4 saturated carbocycles. The van der Waals surface area contributed by atoms with E-state index in [4.69, 9.17) is 48.4 Å². The van der Waals surface area contributed by atoms with E-state index in [0.717, 1.165) is 102 Å². The van der Waals surface area contributed by atoms with Crippen LogP contribution in [0.15, 0.2) is 97.0 Å². The Labute approximate surface area is 674 Å². The van der Waals surface area contributed by atoms with Crippen LogP contribution in [0.5, 0.6) is 23.0 Å². The molecule has 22 nitrogen and oxygen atoms in total. The van der Waals surface area contributed by atoms with Gasteiger partial charge in [-0.1, -0.05) is 102 Å². The minimum absolute atomic E-state index is 0.0696. The lowest BCUT2D eigenvalue weighted by molar-refractivity contribution is -0.156. The number of aromatic nitrogens is 4. The van der Waals surface area contributed by atoms with Crippen LogP contribution in [0.25, 0.3) is 44.6 Å². The Morgan fingerprint density at radius 3 is 1.30 bits per heavy atom. The highest BCUT2D eigenvalue weighted by Gasteiger charge is 2.67. The van der Waals surface area contributed by atoms with Gasteiger partial charge in [-0.25, -0.2) is 19.9 Å². The second kappa shape index (κ2) is 35.2. The summed E-state index contributed by atoms with van der Waals surface area (Å²) in [6.07, 6.45) is 11.2. The van der Waals surface area contributed by atoms with Crippen molar-refractivity contribution in [2.75, 3.05) is 27.3 Å². The maximum atomic E-state index is 14.8. The first-order valence-electron chi connectivity index (χ1n) is 40.1. The van der Waals surface area contributed by atoms with Crippen LogP contribution < -0.4 is 18.9 Å². The Balaban J connectivity index is 0.000000223. The zero-order chi connectivity index (χ0) is 82.0. The molecule has 26 heteroatoms. The zero-order valence-electron chi connectivity index (χ0n) is 68.3. The summed E-state index contributed by atoms with van der Waals surface area (Å²) < 4.78 is 63.6. The number of allylic oxidation sites excluding steroid dienone is 2. The number of hydrogen-bond acceptors (Lipinski definition) is 20. The van der Waals surface area contributed by atoms with Crippen molar-refractivity contribution >= 4 is 94.5 Å². The molecule has 2 saturated heterocycles. The molecule has 2 N–H and O–H groups in total. The fraction of sp³-hybridized carbons (Fsp3) is 0.586. The minimum Gasteiger partial charge on any atom is -0.497 e. The van der Waals surface area contributed by atoms with Crippen LogP contribution in [0.4, 0.5) is 0 Å². The number of esters is 2. The van der Waals surface area contributed by atoms with E-state index in [1.54, 1.807) is 67.8 Å². The average Bonchev–Trinajstić information content (AvgIpc) is 1.55. The summed E-state index contributed by atoms with van der Waals surface area (Å²) in [5.74, 6) is -0.0961. The van der Waals surface area contributed by atoms with E-state index in [-0.39, 0.29) is 99.0 Å². The lowest BCUT2D eigenvalue weighted by Crippen LogP contribution is -2.48. The van der Waals surface area contributed by atoms with Crippen molar-refractivity contribution in [1.82, 2.24) is 29.7 Å². The van der Waals surface area contributed by atoms with Crippen LogP contribution in [-0.4, -0.2) is 155 Å². The SMILES string of the molecule is C=C[C@@H]1C[C@]1(CC(=O)[C@@H]1C[C@@H](Oc2cc(-c3csc(CC(C)C)n3)nc3cc(OC)ccc23)CN1C(=O)[C@@H](CC(=O)OC1CCCC1)C(C)(C)C)P(=O)(O)C(C)C.C=C[C@@H]1C[C@]1(CC(=O)[C@@H]1C[C@@H](Oc2cc(-c3csc(CC(C)C)n3)nc3cc(OC)ccc23)CN1C(=O)[C@@H](CC(=O)OC1CCCC1)C(C)(C)C)P(=O)(O)C=C. The minimum atomic E-state index is -3.95.